The van der Waals surface area contributed by atoms with Crippen molar-refractivity contribution in [2.45, 2.75) is 19.4 Å². The number of hydrogen-bond donors (Lipinski definition) is 1. The molecular weight excluding hydrogens is 284 g/mol. The van der Waals surface area contributed by atoms with E-state index in [9.17, 15) is 4.39 Å². The number of halogens is 3. The van der Waals surface area contributed by atoms with E-state index < -0.39 is 0 Å². The first kappa shape index (κ1) is 14.3. The molecule has 0 saturated heterocycles. The number of benzene rings is 2. The molecule has 2 aromatic rings. The van der Waals surface area contributed by atoms with Gasteiger partial charge in [-0.25, -0.2) is 4.39 Å². The van der Waals surface area contributed by atoms with Gasteiger partial charge in [0.05, 0.1) is 0 Å². The summed E-state index contributed by atoms with van der Waals surface area (Å²) >= 11 is 11.9. The van der Waals surface area contributed by atoms with Crippen molar-refractivity contribution >= 4 is 23.2 Å². The third-order valence-electron chi connectivity index (χ3n) is 3.01. The van der Waals surface area contributed by atoms with Gasteiger partial charge in [-0.1, -0.05) is 41.4 Å². The Labute approximate surface area is 122 Å². The van der Waals surface area contributed by atoms with E-state index in [1.165, 1.54) is 6.07 Å². The summed E-state index contributed by atoms with van der Waals surface area (Å²) in [6.07, 6.45) is 0.381. The van der Waals surface area contributed by atoms with Crippen LogP contribution >= 0.6 is 23.2 Å². The minimum absolute atomic E-state index is 0.341. The molecule has 2 N–H and O–H groups in total. The Bertz CT molecular complexity index is 599. The average molecular weight is 298 g/mol. The SMILES string of the molecule is Cc1ccc(C(N)Cc2ccc(Cl)cc2F)c(Cl)c1. The van der Waals surface area contributed by atoms with Crippen molar-refractivity contribution in [3.8, 4) is 0 Å². The zero-order valence-corrected chi connectivity index (χ0v) is 12.0. The molecule has 0 spiro atoms. The van der Waals surface area contributed by atoms with Crippen LogP contribution in [0.2, 0.25) is 10.0 Å². The Balaban J connectivity index is 2.23. The highest BCUT2D eigenvalue weighted by molar-refractivity contribution is 6.31. The van der Waals surface area contributed by atoms with Crippen LogP contribution in [0.15, 0.2) is 36.4 Å². The summed E-state index contributed by atoms with van der Waals surface area (Å²) in [6, 6.07) is 9.94. The lowest BCUT2D eigenvalue weighted by molar-refractivity contribution is 0.593. The van der Waals surface area contributed by atoms with Gasteiger partial charge in [0.1, 0.15) is 5.82 Å². The van der Waals surface area contributed by atoms with Crippen molar-refractivity contribution in [3.05, 3.63) is 69.0 Å². The monoisotopic (exact) mass is 297 g/mol. The molecule has 0 amide bonds. The highest BCUT2D eigenvalue weighted by Gasteiger charge is 2.13. The van der Waals surface area contributed by atoms with Gasteiger partial charge < -0.3 is 5.73 Å². The number of hydrogen-bond acceptors (Lipinski definition) is 1. The van der Waals surface area contributed by atoms with Crippen LogP contribution in [0, 0.1) is 12.7 Å². The zero-order chi connectivity index (χ0) is 14.0. The first-order chi connectivity index (χ1) is 8.97. The highest BCUT2D eigenvalue weighted by Crippen LogP contribution is 2.26. The maximum atomic E-state index is 13.7. The first-order valence-corrected chi connectivity index (χ1v) is 6.68. The predicted molar refractivity (Wildman–Crippen MR) is 78.2 cm³/mol. The summed E-state index contributed by atoms with van der Waals surface area (Å²) in [5, 5.41) is 0.991. The number of nitrogens with two attached hydrogens (primary N) is 1. The third kappa shape index (κ3) is 3.47. The predicted octanol–water partition coefficient (Wildman–Crippen LogP) is 4.68. The molecule has 0 bridgehead atoms. The van der Waals surface area contributed by atoms with Crippen LogP contribution in [-0.4, -0.2) is 0 Å². The Morgan fingerprint density at radius 3 is 2.53 bits per heavy atom. The maximum Gasteiger partial charge on any atom is 0.127 e. The molecule has 2 rings (SSSR count). The first-order valence-electron chi connectivity index (χ1n) is 5.93. The topological polar surface area (TPSA) is 26.0 Å². The summed E-state index contributed by atoms with van der Waals surface area (Å²) in [5.41, 5.74) is 8.53. The molecule has 0 saturated carbocycles. The van der Waals surface area contributed by atoms with Crippen LogP contribution in [0.3, 0.4) is 0 Å². The highest BCUT2D eigenvalue weighted by atomic mass is 35.5. The van der Waals surface area contributed by atoms with Crippen molar-refractivity contribution in [2.24, 2.45) is 5.73 Å². The molecule has 19 heavy (non-hydrogen) atoms. The van der Waals surface area contributed by atoms with Gasteiger partial charge >= 0.3 is 0 Å². The Hall–Kier alpha value is -1.09. The Kier molecular flexibility index (Phi) is 4.46. The molecular formula is C15H14Cl2FN. The standard InChI is InChI=1S/C15H14Cl2FN/c1-9-2-5-12(13(17)6-9)15(19)7-10-3-4-11(16)8-14(10)18/h2-6,8,15H,7,19H2,1H3. The molecule has 100 valence electrons. The maximum absolute atomic E-state index is 13.7. The molecule has 2 aromatic carbocycles. The molecule has 0 heterocycles. The summed E-state index contributed by atoms with van der Waals surface area (Å²) in [7, 11) is 0. The number of aryl methyl sites for hydroxylation is 1. The largest absolute Gasteiger partial charge is 0.324 e. The normalized spacial score (nSPS) is 12.5. The van der Waals surface area contributed by atoms with Crippen LogP contribution in [0.5, 0.6) is 0 Å². The fraction of sp³-hybridized carbons (Fsp3) is 0.200. The van der Waals surface area contributed by atoms with E-state index in [0.29, 0.717) is 22.0 Å². The van der Waals surface area contributed by atoms with E-state index in [2.05, 4.69) is 0 Å². The van der Waals surface area contributed by atoms with E-state index in [1.807, 2.05) is 25.1 Å². The van der Waals surface area contributed by atoms with Gasteiger partial charge in [-0.2, -0.15) is 0 Å². The Morgan fingerprint density at radius 1 is 1.16 bits per heavy atom. The second-order valence-corrected chi connectivity index (χ2v) is 5.41. The second-order valence-electron chi connectivity index (χ2n) is 4.57. The van der Waals surface area contributed by atoms with E-state index in [1.54, 1.807) is 12.1 Å². The molecule has 1 nitrogen and oxygen atoms in total. The van der Waals surface area contributed by atoms with E-state index >= 15 is 0 Å². The van der Waals surface area contributed by atoms with Crippen LogP contribution in [0.4, 0.5) is 4.39 Å². The third-order valence-corrected chi connectivity index (χ3v) is 3.57. The van der Waals surface area contributed by atoms with Crippen LogP contribution in [0.25, 0.3) is 0 Å². The average Bonchev–Trinajstić information content (AvgIpc) is 2.32. The van der Waals surface area contributed by atoms with Crippen LogP contribution in [0.1, 0.15) is 22.7 Å². The van der Waals surface area contributed by atoms with Crippen molar-refractivity contribution in [1.29, 1.82) is 0 Å². The lowest BCUT2D eigenvalue weighted by Gasteiger charge is -2.15. The van der Waals surface area contributed by atoms with Crippen molar-refractivity contribution < 1.29 is 4.39 Å². The molecule has 0 fully saturated rings. The summed E-state index contributed by atoms with van der Waals surface area (Å²) < 4.78 is 13.7. The van der Waals surface area contributed by atoms with Gasteiger partial charge in [0, 0.05) is 16.1 Å². The number of rotatable bonds is 3. The molecule has 4 heteroatoms. The Morgan fingerprint density at radius 2 is 1.89 bits per heavy atom. The molecule has 1 atom stereocenters. The van der Waals surface area contributed by atoms with E-state index in [4.69, 9.17) is 28.9 Å². The van der Waals surface area contributed by atoms with Gasteiger partial charge in [0.25, 0.3) is 0 Å². The molecule has 0 aliphatic carbocycles. The summed E-state index contributed by atoms with van der Waals surface area (Å²) in [5.74, 6) is -0.341. The molecule has 1 unspecified atom stereocenters. The van der Waals surface area contributed by atoms with Crippen LogP contribution < -0.4 is 5.73 Å². The van der Waals surface area contributed by atoms with Crippen molar-refractivity contribution in [1.82, 2.24) is 0 Å². The summed E-state index contributed by atoms with van der Waals surface area (Å²) in [6.45, 7) is 1.96. The van der Waals surface area contributed by atoms with Gasteiger partial charge in [-0.15, -0.1) is 0 Å². The van der Waals surface area contributed by atoms with Crippen LogP contribution in [-0.2, 0) is 6.42 Å². The molecule has 0 radical (unpaired) electrons. The fourth-order valence-electron chi connectivity index (χ4n) is 1.97. The van der Waals surface area contributed by atoms with Gasteiger partial charge in [-0.3, -0.25) is 0 Å². The lowest BCUT2D eigenvalue weighted by atomic mass is 9.98. The van der Waals surface area contributed by atoms with Gasteiger partial charge in [-0.05, 0) is 48.2 Å². The summed E-state index contributed by atoms with van der Waals surface area (Å²) in [4.78, 5) is 0. The zero-order valence-electron chi connectivity index (χ0n) is 10.5. The van der Waals surface area contributed by atoms with Crippen molar-refractivity contribution in [3.63, 3.8) is 0 Å². The minimum atomic E-state index is -0.344. The minimum Gasteiger partial charge on any atom is -0.324 e. The van der Waals surface area contributed by atoms with Crippen molar-refractivity contribution in [2.75, 3.05) is 0 Å². The van der Waals surface area contributed by atoms with Gasteiger partial charge in [0.15, 0.2) is 0 Å². The van der Waals surface area contributed by atoms with Gasteiger partial charge in [0.2, 0.25) is 0 Å². The fourth-order valence-corrected chi connectivity index (χ4v) is 2.50. The van der Waals surface area contributed by atoms with E-state index in [-0.39, 0.29) is 11.9 Å². The second kappa shape index (κ2) is 5.91. The molecule has 0 aliphatic rings. The van der Waals surface area contributed by atoms with E-state index in [0.717, 1.165) is 11.1 Å². The molecule has 0 aliphatic heterocycles. The smallest absolute Gasteiger partial charge is 0.127 e. The lowest BCUT2D eigenvalue weighted by Crippen LogP contribution is -2.14. The quantitative estimate of drug-likeness (QED) is 0.874. The molecule has 0 aromatic heterocycles.